The van der Waals surface area contributed by atoms with Crippen molar-refractivity contribution >= 4 is 12.6 Å². The molecule has 16 heavy (non-hydrogen) atoms. The molecule has 0 aromatic heterocycles. The fraction of sp³-hybridized carbons (Fsp3) is 0.538. The van der Waals surface area contributed by atoms with Crippen molar-refractivity contribution in [2.24, 2.45) is 0 Å². The summed E-state index contributed by atoms with van der Waals surface area (Å²) in [5.74, 6) is 0. The van der Waals surface area contributed by atoms with Crippen LogP contribution in [-0.2, 0) is 0 Å². The van der Waals surface area contributed by atoms with Crippen LogP contribution in [0.3, 0.4) is 0 Å². The molecule has 2 heterocycles. The zero-order chi connectivity index (χ0) is 11.2. The maximum absolute atomic E-state index is 4.49. The summed E-state index contributed by atoms with van der Waals surface area (Å²) in [6, 6.07) is 0. The molecule has 0 radical (unpaired) electrons. The Labute approximate surface area is 102 Å². The second-order valence-electron chi connectivity index (χ2n) is 5.02. The van der Waals surface area contributed by atoms with E-state index in [0.29, 0.717) is 0 Å². The number of fused-ring (bicyclic) bond motifs is 2. The topological polar surface area (TPSA) is 15.3 Å². The predicted molar refractivity (Wildman–Crippen MR) is 69.7 cm³/mol. The van der Waals surface area contributed by atoms with E-state index in [4.69, 9.17) is 0 Å². The van der Waals surface area contributed by atoms with Gasteiger partial charge in [-0.15, -0.1) is 12.6 Å². The molecule has 86 valence electrons. The maximum Gasteiger partial charge on any atom is 0.114 e. The van der Waals surface area contributed by atoms with Gasteiger partial charge in [0.05, 0.1) is 5.70 Å². The van der Waals surface area contributed by atoms with Crippen molar-refractivity contribution in [3.05, 3.63) is 34.7 Å². The van der Waals surface area contributed by atoms with Crippen molar-refractivity contribution in [1.82, 2.24) is 10.2 Å². The van der Waals surface area contributed by atoms with Gasteiger partial charge in [0.25, 0.3) is 0 Å². The molecule has 1 spiro atoms. The Bertz CT molecular complexity index is 400. The Kier molecular flexibility index (Phi) is 2.32. The van der Waals surface area contributed by atoms with Crippen molar-refractivity contribution in [2.75, 3.05) is 0 Å². The summed E-state index contributed by atoms with van der Waals surface area (Å²) >= 11 is 4.49. The average Bonchev–Trinajstić information content (AvgIpc) is 2.59. The molecular weight excluding hydrogens is 216 g/mol. The molecule has 1 saturated carbocycles. The highest BCUT2D eigenvalue weighted by atomic mass is 32.1. The monoisotopic (exact) mass is 234 g/mol. The summed E-state index contributed by atoms with van der Waals surface area (Å²) < 4.78 is 0. The first-order valence-electron chi connectivity index (χ1n) is 6.08. The molecule has 3 aliphatic rings. The standard InChI is InChI=1S/C13H18N2S/c1-10-7-11(16)9-15-12(10)8-14-13(15)5-3-2-4-6-13/h7-9,14,16H,2-6H2,1H3. The first kappa shape index (κ1) is 10.3. The van der Waals surface area contributed by atoms with Gasteiger partial charge in [-0.3, -0.25) is 0 Å². The first-order valence-corrected chi connectivity index (χ1v) is 6.53. The van der Waals surface area contributed by atoms with Crippen LogP contribution in [0, 0.1) is 0 Å². The summed E-state index contributed by atoms with van der Waals surface area (Å²) in [7, 11) is 0. The number of hydrogen-bond donors (Lipinski definition) is 2. The quantitative estimate of drug-likeness (QED) is 0.626. The molecule has 1 N–H and O–H groups in total. The lowest BCUT2D eigenvalue weighted by Crippen LogP contribution is -2.51. The zero-order valence-corrected chi connectivity index (χ0v) is 10.6. The first-order chi connectivity index (χ1) is 7.71. The van der Waals surface area contributed by atoms with E-state index in [-0.39, 0.29) is 5.66 Å². The van der Waals surface area contributed by atoms with E-state index in [1.54, 1.807) is 0 Å². The lowest BCUT2D eigenvalue weighted by Gasteiger charge is -2.43. The molecule has 2 nitrogen and oxygen atoms in total. The van der Waals surface area contributed by atoms with Gasteiger partial charge >= 0.3 is 0 Å². The number of nitrogens with one attached hydrogen (secondary N) is 1. The van der Waals surface area contributed by atoms with Gasteiger partial charge in [0.1, 0.15) is 5.66 Å². The highest BCUT2D eigenvalue weighted by molar-refractivity contribution is 7.84. The lowest BCUT2D eigenvalue weighted by atomic mass is 9.88. The van der Waals surface area contributed by atoms with Crippen molar-refractivity contribution < 1.29 is 0 Å². The summed E-state index contributed by atoms with van der Waals surface area (Å²) in [6.07, 6.45) is 13.0. The summed E-state index contributed by atoms with van der Waals surface area (Å²) in [5, 5.41) is 3.61. The molecular formula is C13H18N2S. The minimum atomic E-state index is 0.150. The molecule has 0 amide bonds. The molecule has 1 aliphatic carbocycles. The van der Waals surface area contributed by atoms with Gasteiger partial charge in [0.2, 0.25) is 0 Å². The van der Waals surface area contributed by atoms with E-state index < -0.39 is 0 Å². The fourth-order valence-electron chi connectivity index (χ4n) is 3.06. The third kappa shape index (κ3) is 1.41. The fourth-order valence-corrected chi connectivity index (χ4v) is 3.37. The number of hydrogen-bond acceptors (Lipinski definition) is 3. The Hall–Kier alpha value is -0.830. The van der Waals surface area contributed by atoms with E-state index in [2.05, 4.69) is 48.2 Å². The average molecular weight is 234 g/mol. The second kappa shape index (κ2) is 3.59. The van der Waals surface area contributed by atoms with Crippen LogP contribution in [0.2, 0.25) is 0 Å². The van der Waals surface area contributed by atoms with Crippen LogP contribution in [-0.4, -0.2) is 10.6 Å². The highest BCUT2D eigenvalue weighted by Gasteiger charge is 2.42. The number of thiol groups is 1. The Morgan fingerprint density at radius 2 is 2.06 bits per heavy atom. The molecule has 0 atom stereocenters. The Morgan fingerprint density at radius 3 is 2.81 bits per heavy atom. The second-order valence-corrected chi connectivity index (χ2v) is 5.53. The maximum atomic E-state index is 4.49. The van der Waals surface area contributed by atoms with Gasteiger partial charge in [0.15, 0.2) is 0 Å². The normalized spacial score (nSPS) is 26.9. The SMILES string of the molecule is CC1=CC(S)=CN2C1=CNC21CCCCC1. The number of allylic oxidation sites excluding steroid dienone is 2. The van der Waals surface area contributed by atoms with Gasteiger partial charge in [-0.2, -0.15) is 0 Å². The van der Waals surface area contributed by atoms with Gasteiger partial charge < -0.3 is 10.2 Å². The van der Waals surface area contributed by atoms with Crippen LogP contribution in [0.1, 0.15) is 39.0 Å². The number of rotatable bonds is 0. The van der Waals surface area contributed by atoms with Gasteiger partial charge in [-0.25, -0.2) is 0 Å². The van der Waals surface area contributed by atoms with Crippen molar-refractivity contribution in [2.45, 2.75) is 44.7 Å². The zero-order valence-electron chi connectivity index (χ0n) is 9.66. The van der Waals surface area contributed by atoms with Crippen LogP contribution in [0.25, 0.3) is 0 Å². The van der Waals surface area contributed by atoms with E-state index in [1.807, 2.05) is 0 Å². The molecule has 0 unspecified atom stereocenters. The van der Waals surface area contributed by atoms with E-state index in [1.165, 1.54) is 43.4 Å². The highest BCUT2D eigenvalue weighted by Crippen LogP contribution is 2.41. The van der Waals surface area contributed by atoms with Crippen molar-refractivity contribution in [3.63, 3.8) is 0 Å². The molecule has 2 aliphatic heterocycles. The van der Waals surface area contributed by atoms with Crippen LogP contribution in [0.4, 0.5) is 0 Å². The summed E-state index contributed by atoms with van der Waals surface area (Å²) in [6.45, 7) is 2.16. The predicted octanol–water partition coefficient (Wildman–Crippen LogP) is 3.12. The largest absolute Gasteiger partial charge is 0.367 e. The molecule has 0 saturated heterocycles. The molecule has 3 rings (SSSR count). The van der Waals surface area contributed by atoms with Crippen LogP contribution in [0.15, 0.2) is 34.7 Å². The smallest absolute Gasteiger partial charge is 0.114 e. The van der Waals surface area contributed by atoms with Crippen molar-refractivity contribution in [1.29, 1.82) is 0 Å². The Balaban J connectivity index is 1.96. The van der Waals surface area contributed by atoms with Crippen LogP contribution in [0.5, 0.6) is 0 Å². The van der Waals surface area contributed by atoms with Gasteiger partial charge in [-0.1, -0.05) is 6.42 Å². The van der Waals surface area contributed by atoms with E-state index >= 15 is 0 Å². The lowest BCUT2D eigenvalue weighted by molar-refractivity contribution is 0.126. The third-order valence-corrected chi connectivity index (χ3v) is 4.15. The molecule has 0 aromatic rings. The minimum Gasteiger partial charge on any atom is -0.367 e. The van der Waals surface area contributed by atoms with Gasteiger partial charge in [0, 0.05) is 17.3 Å². The molecule has 3 heteroatoms. The van der Waals surface area contributed by atoms with Crippen LogP contribution < -0.4 is 5.32 Å². The van der Waals surface area contributed by atoms with E-state index in [9.17, 15) is 0 Å². The summed E-state index contributed by atoms with van der Waals surface area (Å²) in [5.41, 5.74) is 2.78. The Morgan fingerprint density at radius 1 is 1.31 bits per heavy atom. The molecule has 0 aromatic carbocycles. The molecule has 1 fully saturated rings. The number of nitrogens with zero attached hydrogens (tertiary/aromatic N) is 1. The van der Waals surface area contributed by atoms with Gasteiger partial charge in [-0.05, 0) is 44.3 Å². The van der Waals surface area contributed by atoms with Crippen LogP contribution >= 0.6 is 12.6 Å². The molecule has 0 bridgehead atoms. The third-order valence-electron chi connectivity index (χ3n) is 3.91. The van der Waals surface area contributed by atoms with E-state index in [0.717, 1.165) is 4.91 Å². The minimum absolute atomic E-state index is 0.150. The summed E-state index contributed by atoms with van der Waals surface area (Å²) in [4.78, 5) is 3.47. The van der Waals surface area contributed by atoms with Crippen molar-refractivity contribution in [3.8, 4) is 0 Å².